The molecule has 5 heteroatoms. The standard InChI is InChI=1S/C28H45N3O2/c1-3-5-9-23-13-18-29(19-14-23)20-17-27(30-21-15-24(16-22-30)10-6-4-2)31-25-11-7-8-12-26(25)33-28(31)32/h7-8,11-12,23-24,27H,3-6,9-10,13-22H2,1-2H3. The first-order chi connectivity index (χ1) is 16.2. The molecule has 3 heterocycles. The fourth-order valence-electron chi connectivity index (χ4n) is 6.06. The Morgan fingerprint density at radius 3 is 2.15 bits per heavy atom. The second-order valence-corrected chi connectivity index (χ2v) is 10.5. The molecule has 0 N–H and O–H groups in total. The Hall–Kier alpha value is -1.59. The lowest BCUT2D eigenvalue weighted by Crippen LogP contribution is -2.44. The predicted molar refractivity (Wildman–Crippen MR) is 137 cm³/mol. The van der Waals surface area contributed by atoms with Gasteiger partial charge < -0.3 is 9.32 Å². The van der Waals surface area contributed by atoms with Gasteiger partial charge in [-0.1, -0.05) is 64.5 Å². The van der Waals surface area contributed by atoms with Crippen LogP contribution < -0.4 is 5.76 Å². The Morgan fingerprint density at radius 2 is 1.52 bits per heavy atom. The highest BCUT2D eigenvalue weighted by atomic mass is 16.4. The number of fused-ring (bicyclic) bond motifs is 1. The normalized spacial score (nSPS) is 20.5. The van der Waals surface area contributed by atoms with Gasteiger partial charge in [-0.25, -0.2) is 4.79 Å². The van der Waals surface area contributed by atoms with Crippen molar-refractivity contribution in [3.8, 4) is 0 Å². The molecule has 2 aliphatic heterocycles. The van der Waals surface area contributed by atoms with Crippen LogP contribution in [0.15, 0.2) is 33.5 Å². The van der Waals surface area contributed by atoms with Gasteiger partial charge in [0.05, 0.1) is 11.7 Å². The summed E-state index contributed by atoms with van der Waals surface area (Å²) in [6.45, 7) is 10.2. The molecule has 0 aliphatic carbocycles. The van der Waals surface area contributed by atoms with Crippen molar-refractivity contribution in [2.45, 2.75) is 90.6 Å². The number of piperidine rings is 2. The number of rotatable bonds is 11. The summed E-state index contributed by atoms with van der Waals surface area (Å²) in [5, 5.41) is 0. The molecule has 4 rings (SSSR count). The summed E-state index contributed by atoms with van der Waals surface area (Å²) in [4.78, 5) is 18.2. The zero-order valence-corrected chi connectivity index (χ0v) is 21.0. The zero-order chi connectivity index (χ0) is 23.0. The van der Waals surface area contributed by atoms with E-state index >= 15 is 0 Å². The molecule has 0 radical (unpaired) electrons. The van der Waals surface area contributed by atoms with E-state index in [1.165, 1.54) is 77.3 Å². The molecule has 2 saturated heterocycles. The number of nitrogens with zero attached hydrogens (tertiary/aromatic N) is 3. The lowest BCUT2D eigenvalue weighted by Gasteiger charge is -2.39. The van der Waals surface area contributed by atoms with E-state index in [2.05, 4.69) is 23.6 Å². The number of hydrogen-bond donors (Lipinski definition) is 0. The molecule has 0 bridgehead atoms. The zero-order valence-electron chi connectivity index (χ0n) is 21.0. The van der Waals surface area contributed by atoms with Gasteiger partial charge in [0.2, 0.25) is 0 Å². The summed E-state index contributed by atoms with van der Waals surface area (Å²) in [7, 11) is 0. The average Bonchev–Trinajstić information content (AvgIpc) is 3.18. The molecule has 184 valence electrons. The second kappa shape index (κ2) is 12.2. The van der Waals surface area contributed by atoms with Crippen molar-refractivity contribution in [1.82, 2.24) is 14.4 Å². The minimum Gasteiger partial charge on any atom is -0.408 e. The maximum absolute atomic E-state index is 13.0. The van der Waals surface area contributed by atoms with Crippen molar-refractivity contribution in [3.63, 3.8) is 0 Å². The van der Waals surface area contributed by atoms with E-state index in [-0.39, 0.29) is 11.9 Å². The number of aromatic nitrogens is 1. The fraction of sp³-hybridized carbons (Fsp3) is 0.750. The van der Waals surface area contributed by atoms with E-state index in [9.17, 15) is 4.79 Å². The molecule has 1 unspecified atom stereocenters. The number of likely N-dealkylation sites (tertiary alicyclic amines) is 2. The first kappa shape index (κ1) is 24.5. The summed E-state index contributed by atoms with van der Waals surface area (Å²) in [6.07, 6.45) is 14.3. The summed E-state index contributed by atoms with van der Waals surface area (Å²) in [6, 6.07) is 7.93. The van der Waals surface area contributed by atoms with Gasteiger partial charge in [0, 0.05) is 19.6 Å². The molecule has 0 spiro atoms. The Bertz CT molecular complexity index is 888. The average molecular weight is 456 g/mol. The Labute approximate surface area is 200 Å². The third kappa shape index (κ3) is 6.30. The molecule has 0 amide bonds. The first-order valence-corrected chi connectivity index (χ1v) is 13.8. The monoisotopic (exact) mass is 455 g/mol. The van der Waals surface area contributed by atoms with E-state index in [4.69, 9.17) is 4.42 Å². The molecule has 1 aromatic heterocycles. The molecule has 33 heavy (non-hydrogen) atoms. The highest BCUT2D eigenvalue weighted by Gasteiger charge is 2.30. The van der Waals surface area contributed by atoms with Crippen LogP contribution in [-0.2, 0) is 0 Å². The molecule has 0 saturated carbocycles. The molecular weight excluding hydrogens is 410 g/mol. The van der Waals surface area contributed by atoms with Crippen LogP contribution in [-0.4, -0.2) is 47.1 Å². The molecule has 1 atom stereocenters. The van der Waals surface area contributed by atoms with Crippen molar-refractivity contribution in [1.29, 1.82) is 0 Å². The van der Waals surface area contributed by atoms with Gasteiger partial charge in [0.25, 0.3) is 0 Å². The SMILES string of the molecule is CCCCC1CCN(CCC(N2CCC(CCCC)CC2)n2c(=O)oc3ccccc32)CC1. The molecule has 1 aromatic carbocycles. The third-order valence-corrected chi connectivity index (χ3v) is 8.23. The first-order valence-electron chi connectivity index (χ1n) is 13.8. The van der Waals surface area contributed by atoms with Crippen LogP contribution in [0.1, 0.15) is 90.6 Å². The summed E-state index contributed by atoms with van der Waals surface area (Å²) < 4.78 is 7.61. The van der Waals surface area contributed by atoms with Crippen LogP contribution in [0.5, 0.6) is 0 Å². The lowest BCUT2D eigenvalue weighted by molar-refractivity contribution is 0.0656. The number of unbranched alkanes of at least 4 members (excludes halogenated alkanes) is 2. The summed E-state index contributed by atoms with van der Waals surface area (Å²) in [5.41, 5.74) is 1.65. The van der Waals surface area contributed by atoms with Crippen LogP contribution in [0, 0.1) is 11.8 Å². The maximum Gasteiger partial charge on any atom is 0.421 e. The van der Waals surface area contributed by atoms with E-state index in [0.717, 1.165) is 43.4 Å². The summed E-state index contributed by atoms with van der Waals surface area (Å²) in [5.74, 6) is 1.56. The highest BCUT2D eigenvalue weighted by molar-refractivity contribution is 5.72. The number of para-hydroxylation sites is 2. The van der Waals surface area contributed by atoms with Gasteiger partial charge in [0.1, 0.15) is 0 Å². The van der Waals surface area contributed by atoms with Gasteiger partial charge in [-0.3, -0.25) is 9.47 Å². The Balaban J connectivity index is 1.44. The van der Waals surface area contributed by atoms with Crippen molar-refractivity contribution in [2.75, 3.05) is 32.7 Å². The van der Waals surface area contributed by atoms with Gasteiger partial charge in [-0.05, 0) is 69.2 Å². The summed E-state index contributed by atoms with van der Waals surface area (Å²) >= 11 is 0. The van der Waals surface area contributed by atoms with Crippen LogP contribution in [0.2, 0.25) is 0 Å². The maximum atomic E-state index is 13.0. The quantitative estimate of drug-likeness (QED) is 0.399. The van der Waals surface area contributed by atoms with Crippen LogP contribution >= 0.6 is 0 Å². The fourth-order valence-corrected chi connectivity index (χ4v) is 6.06. The third-order valence-electron chi connectivity index (χ3n) is 8.23. The largest absolute Gasteiger partial charge is 0.421 e. The van der Waals surface area contributed by atoms with Gasteiger partial charge in [0.15, 0.2) is 5.58 Å². The molecule has 5 nitrogen and oxygen atoms in total. The number of benzene rings is 1. The van der Waals surface area contributed by atoms with Gasteiger partial charge >= 0.3 is 5.76 Å². The van der Waals surface area contributed by atoms with E-state index < -0.39 is 0 Å². The number of oxazole rings is 1. The van der Waals surface area contributed by atoms with Crippen molar-refractivity contribution < 1.29 is 4.42 Å². The van der Waals surface area contributed by atoms with Crippen LogP contribution in [0.25, 0.3) is 11.1 Å². The minimum absolute atomic E-state index is 0.0890. The minimum atomic E-state index is -0.201. The topological polar surface area (TPSA) is 41.6 Å². The smallest absolute Gasteiger partial charge is 0.408 e. The predicted octanol–water partition coefficient (Wildman–Crippen LogP) is 6.29. The molecule has 2 fully saturated rings. The lowest BCUT2D eigenvalue weighted by atomic mass is 9.91. The molecule has 2 aromatic rings. The van der Waals surface area contributed by atoms with E-state index in [1.54, 1.807) is 0 Å². The van der Waals surface area contributed by atoms with Crippen molar-refractivity contribution in [3.05, 3.63) is 34.8 Å². The van der Waals surface area contributed by atoms with Crippen LogP contribution in [0.4, 0.5) is 0 Å². The highest BCUT2D eigenvalue weighted by Crippen LogP contribution is 2.30. The van der Waals surface area contributed by atoms with Gasteiger partial charge in [-0.15, -0.1) is 0 Å². The van der Waals surface area contributed by atoms with Crippen LogP contribution in [0.3, 0.4) is 0 Å². The molecule has 2 aliphatic rings. The second-order valence-electron chi connectivity index (χ2n) is 10.5. The van der Waals surface area contributed by atoms with E-state index in [1.807, 2.05) is 28.8 Å². The molecular formula is C28H45N3O2. The van der Waals surface area contributed by atoms with Gasteiger partial charge in [-0.2, -0.15) is 0 Å². The van der Waals surface area contributed by atoms with E-state index in [0.29, 0.717) is 5.58 Å². The Kier molecular flexibility index (Phi) is 9.08. The van der Waals surface area contributed by atoms with Crippen molar-refractivity contribution in [2.24, 2.45) is 11.8 Å². The number of hydrogen-bond acceptors (Lipinski definition) is 4. The van der Waals surface area contributed by atoms with Crippen molar-refractivity contribution >= 4 is 11.1 Å². The Morgan fingerprint density at radius 1 is 0.909 bits per heavy atom.